The quantitative estimate of drug-likeness (QED) is 0.621. The summed E-state index contributed by atoms with van der Waals surface area (Å²) < 4.78 is 10.8. The van der Waals surface area contributed by atoms with Crippen LogP contribution in [0.1, 0.15) is 0 Å². The van der Waals surface area contributed by atoms with Gasteiger partial charge >= 0.3 is 0 Å². The van der Waals surface area contributed by atoms with E-state index in [1.54, 1.807) is 0 Å². The van der Waals surface area contributed by atoms with E-state index in [0.717, 1.165) is 4.64 Å². The fourth-order valence-corrected chi connectivity index (χ4v) is 0.742. The van der Waals surface area contributed by atoms with E-state index < -0.39 is 0 Å². The van der Waals surface area contributed by atoms with E-state index in [1.807, 2.05) is 0 Å². The van der Waals surface area contributed by atoms with Gasteiger partial charge in [0.2, 0.25) is 5.76 Å². The molecule has 1 aliphatic rings. The fourth-order valence-electron chi connectivity index (χ4n) is 0.621. The van der Waals surface area contributed by atoms with Gasteiger partial charge in [-0.05, 0) is 0 Å². The third-order valence-electron chi connectivity index (χ3n) is 1.12. The zero-order chi connectivity index (χ0) is 8.27. The number of allylic oxidation sites excluding steroid dienone is 1. The lowest BCUT2D eigenvalue weighted by Gasteiger charge is -2.19. The first-order valence-corrected chi connectivity index (χ1v) is 3.20. The van der Waals surface area contributed by atoms with Gasteiger partial charge in [0.1, 0.15) is 0 Å². The van der Waals surface area contributed by atoms with Crippen molar-refractivity contribution in [1.82, 2.24) is 10.1 Å². The maximum absolute atomic E-state index is 5.47. The first kappa shape index (κ1) is 8.00. The Hall–Kier alpha value is -1.10. The summed E-state index contributed by atoms with van der Waals surface area (Å²) in [6.07, 6.45) is 1.45. The van der Waals surface area contributed by atoms with E-state index in [9.17, 15) is 0 Å². The molecule has 1 rings (SSSR count). The second-order valence-corrected chi connectivity index (χ2v) is 2.04. The first-order valence-electron chi connectivity index (χ1n) is 2.86. The number of rotatable bonds is 2. The highest BCUT2D eigenvalue weighted by atomic mass is 35.5. The topological polar surface area (TPSA) is 46.1 Å². The molecule has 1 aliphatic heterocycles. The molecular formula is C5H8ClN3O2. The SMILES string of the molecule is COC1=C(OC)NN(Cl)N=C1. The second-order valence-electron chi connectivity index (χ2n) is 1.72. The predicted molar refractivity (Wildman–Crippen MR) is 40.4 cm³/mol. The summed E-state index contributed by atoms with van der Waals surface area (Å²) in [5.41, 5.74) is 2.60. The second kappa shape index (κ2) is 3.34. The molecule has 0 saturated carbocycles. The van der Waals surface area contributed by atoms with Gasteiger partial charge < -0.3 is 9.47 Å². The van der Waals surface area contributed by atoms with Crippen molar-refractivity contribution in [3.63, 3.8) is 0 Å². The minimum absolute atomic E-state index is 0.428. The molecule has 0 aromatic heterocycles. The van der Waals surface area contributed by atoms with Crippen LogP contribution < -0.4 is 5.43 Å². The summed E-state index contributed by atoms with van der Waals surface area (Å²) in [7, 11) is 3.02. The summed E-state index contributed by atoms with van der Waals surface area (Å²) in [5.74, 6) is 0.932. The lowest BCUT2D eigenvalue weighted by atomic mass is 10.5. The predicted octanol–water partition coefficient (Wildman–Crippen LogP) is 0.408. The van der Waals surface area contributed by atoms with Crippen molar-refractivity contribution in [3.8, 4) is 0 Å². The van der Waals surface area contributed by atoms with Crippen molar-refractivity contribution in [3.05, 3.63) is 11.6 Å². The highest BCUT2D eigenvalue weighted by Crippen LogP contribution is 2.08. The van der Waals surface area contributed by atoms with Gasteiger partial charge in [0, 0.05) is 0 Å². The van der Waals surface area contributed by atoms with Gasteiger partial charge in [-0.25, -0.2) is 5.43 Å². The highest BCUT2D eigenvalue weighted by Gasteiger charge is 2.12. The zero-order valence-corrected chi connectivity index (χ0v) is 6.92. The largest absolute Gasteiger partial charge is 0.490 e. The number of hydrazine groups is 1. The van der Waals surface area contributed by atoms with Gasteiger partial charge in [0.05, 0.1) is 32.2 Å². The van der Waals surface area contributed by atoms with Crippen molar-refractivity contribution in [2.24, 2.45) is 5.10 Å². The molecule has 0 radical (unpaired) electrons. The van der Waals surface area contributed by atoms with Gasteiger partial charge in [0.15, 0.2) is 0 Å². The molecule has 0 aromatic rings. The third-order valence-corrected chi connectivity index (χ3v) is 1.29. The van der Waals surface area contributed by atoms with E-state index in [4.69, 9.17) is 21.3 Å². The maximum atomic E-state index is 5.47. The summed E-state index contributed by atoms with van der Waals surface area (Å²) in [6.45, 7) is 0. The number of nitrogens with one attached hydrogen (secondary N) is 1. The Morgan fingerprint density at radius 3 is 2.82 bits per heavy atom. The van der Waals surface area contributed by atoms with Crippen LogP contribution >= 0.6 is 11.8 Å². The summed E-state index contributed by atoms with van der Waals surface area (Å²) in [4.78, 5) is 0. The monoisotopic (exact) mass is 177 g/mol. The molecule has 5 nitrogen and oxygen atoms in total. The van der Waals surface area contributed by atoms with Crippen LogP contribution in [0.4, 0.5) is 0 Å². The summed E-state index contributed by atoms with van der Waals surface area (Å²) >= 11 is 5.47. The normalized spacial score (nSPS) is 16.5. The molecule has 0 unspecified atom stereocenters. The van der Waals surface area contributed by atoms with Crippen LogP contribution in [0.25, 0.3) is 0 Å². The Morgan fingerprint density at radius 1 is 1.55 bits per heavy atom. The van der Waals surface area contributed by atoms with E-state index in [1.165, 1.54) is 20.4 Å². The standard InChI is InChI=1S/C5H8ClN3O2/c1-10-4-3-7-9(6)8-5(4)11-2/h3,8H,1-2H3. The molecule has 0 saturated heterocycles. The van der Waals surface area contributed by atoms with Crippen molar-refractivity contribution in [1.29, 1.82) is 0 Å². The van der Waals surface area contributed by atoms with Crippen LogP contribution in [0.15, 0.2) is 16.7 Å². The van der Waals surface area contributed by atoms with Crippen LogP contribution in [0.3, 0.4) is 0 Å². The molecular weight excluding hydrogens is 170 g/mol. The molecule has 11 heavy (non-hydrogen) atoms. The number of hydrazone groups is 1. The van der Waals surface area contributed by atoms with Crippen LogP contribution in [0, 0.1) is 0 Å². The van der Waals surface area contributed by atoms with Gasteiger partial charge in [-0.2, -0.15) is 0 Å². The molecule has 0 bridgehead atoms. The van der Waals surface area contributed by atoms with Crippen LogP contribution in [-0.4, -0.2) is 25.1 Å². The van der Waals surface area contributed by atoms with Crippen molar-refractivity contribution in [2.45, 2.75) is 0 Å². The van der Waals surface area contributed by atoms with Gasteiger partial charge in [-0.1, -0.05) is 0 Å². The van der Waals surface area contributed by atoms with E-state index in [0.29, 0.717) is 11.6 Å². The highest BCUT2D eigenvalue weighted by molar-refractivity contribution is 6.13. The van der Waals surface area contributed by atoms with Crippen molar-refractivity contribution < 1.29 is 9.47 Å². The minimum Gasteiger partial charge on any atom is -0.490 e. The number of ether oxygens (including phenoxy) is 2. The molecule has 62 valence electrons. The summed E-state index contributed by atoms with van der Waals surface area (Å²) in [5, 5.41) is 3.68. The first-order chi connectivity index (χ1) is 5.27. The Morgan fingerprint density at radius 2 is 2.27 bits per heavy atom. The number of methoxy groups -OCH3 is 2. The Bertz CT molecular complexity index is 204. The van der Waals surface area contributed by atoms with Gasteiger partial charge in [-0.3, -0.25) is 0 Å². The molecule has 0 aliphatic carbocycles. The van der Waals surface area contributed by atoms with Crippen LogP contribution in [-0.2, 0) is 9.47 Å². The van der Waals surface area contributed by atoms with Gasteiger partial charge in [-0.15, -0.1) is 9.74 Å². The molecule has 0 aromatic carbocycles. The summed E-state index contributed by atoms with van der Waals surface area (Å²) in [6, 6.07) is 0. The van der Waals surface area contributed by atoms with Gasteiger partial charge in [0.25, 0.3) is 5.88 Å². The Kier molecular flexibility index (Phi) is 2.43. The molecule has 0 fully saturated rings. The molecule has 1 heterocycles. The Labute approximate surface area is 69.3 Å². The minimum atomic E-state index is 0.428. The van der Waals surface area contributed by atoms with E-state index in [-0.39, 0.29) is 0 Å². The van der Waals surface area contributed by atoms with Crippen LogP contribution in [0.5, 0.6) is 0 Å². The Balaban J connectivity index is 2.76. The third kappa shape index (κ3) is 1.68. The lowest BCUT2D eigenvalue weighted by molar-refractivity contribution is 0.170. The van der Waals surface area contributed by atoms with Crippen LogP contribution in [0.2, 0.25) is 0 Å². The maximum Gasteiger partial charge on any atom is 0.253 e. The lowest BCUT2D eigenvalue weighted by Crippen LogP contribution is -2.30. The number of halogens is 1. The molecule has 6 heteroatoms. The van der Waals surface area contributed by atoms with Crippen molar-refractivity contribution >= 4 is 18.0 Å². The number of hydrogen-bond acceptors (Lipinski definition) is 5. The molecule has 0 atom stereocenters. The average molecular weight is 178 g/mol. The smallest absolute Gasteiger partial charge is 0.253 e. The van der Waals surface area contributed by atoms with E-state index in [2.05, 4.69) is 10.5 Å². The molecule has 1 N–H and O–H groups in total. The van der Waals surface area contributed by atoms with E-state index >= 15 is 0 Å². The number of hydrogen-bond donors (Lipinski definition) is 1. The average Bonchev–Trinajstić information content (AvgIpc) is 2.04. The zero-order valence-electron chi connectivity index (χ0n) is 6.17. The number of nitrogens with zero attached hydrogens (tertiary/aromatic N) is 2. The molecule has 0 amide bonds. The fraction of sp³-hybridized carbons (Fsp3) is 0.400. The molecule has 0 spiro atoms. The van der Waals surface area contributed by atoms with Crippen molar-refractivity contribution in [2.75, 3.05) is 14.2 Å².